The van der Waals surface area contributed by atoms with Crippen molar-refractivity contribution in [3.63, 3.8) is 0 Å². The van der Waals surface area contributed by atoms with Crippen LogP contribution in [0.1, 0.15) is 57.8 Å². The van der Waals surface area contributed by atoms with Gasteiger partial charge in [0.05, 0.1) is 6.10 Å². The smallest absolute Gasteiger partial charge is 0.0576 e. The lowest BCUT2D eigenvalue weighted by molar-refractivity contribution is 0.0768. The van der Waals surface area contributed by atoms with Crippen LogP contribution in [0.2, 0.25) is 0 Å². The highest BCUT2D eigenvalue weighted by molar-refractivity contribution is 4.85. The summed E-state index contributed by atoms with van der Waals surface area (Å²) in [7, 11) is 2.10. The van der Waals surface area contributed by atoms with Crippen molar-refractivity contribution in [3.8, 4) is 0 Å². The maximum atomic E-state index is 5.75. The van der Waals surface area contributed by atoms with Crippen molar-refractivity contribution in [2.45, 2.75) is 63.9 Å². The Morgan fingerprint density at radius 3 is 2.62 bits per heavy atom. The van der Waals surface area contributed by atoms with E-state index in [1.165, 1.54) is 64.3 Å². The Kier molecular flexibility index (Phi) is 4.66. The Balaban J connectivity index is 1.80. The first-order chi connectivity index (χ1) is 7.85. The van der Waals surface area contributed by atoms with Crippen molar-refractivity contribution in [2.75, 3.05) is 20.2 Å². The van der Waals surface area contributed by atoms with Gasteiger partial charge >= 0.3 is 0 Å². The molecule has 1 atom stereocenters. The second-order valence-electron chi connectivity index (χ2n) is 5.76. The monoisotopic (exact) mass is 225 g/mol. The van der Waals surface area contributed by atoms with E-state index in [2.05, 4.69) is 12.4 Å². The molecular formula is C14H27NO. The fraction of sp³-hybridized carbons (Fsp3) is 1.00. The SMILES string of the molecule is CNCC1(CCC2CCCO2)CCCCC1. The summed E-state index contributed by atoms with van der Waals surface area (Å²) in [6.07, 6.45) is 13.0. The number of ether oxygens (including phenoxy) is 1. The average molecular weight is 225 g/mol. The van der Waals surface area contributed by atoms with E-state index in [0.29, 0.717) is 11.5 Å². The molecule has 0 aromatic heterocycles. The maximum Gasteiger partial charge on any atom is 0.0576 e. The molecule has 1 aliphatic heterocycles. The van der Waals surface area contributed by atoms with E-state index >= 15 is 0 Å². The molecule has 0 aromatic carbocycles. The van der Waals surface area contributed by atoms with Gasteiger partial charge < -0.3 is 10.1 Å². The van der Waals surface area contributed by atoms with Crippen LogP contribution in [-0.4, -0.2) is 26.3 Å². The van der Waals surface area contributed by atoms with E-state index in [9.17, 15) is 0 Å². The lowest BCUT2D eigenvalue weighted by Gasteiger charge is -2.38. The van der Waals surface area contributed by atoms with Crippen molar-refractivity contribution in [1.29, 1.82) is 0 Å². The van der Waals surface area contributed by atoms with Crippen LogP contribution in [0.5, 0.6) is 0 Å². The number of hydrogen-bond acceptors (Lipinski definition) is 2. The van der Waals surface area contributed by atoms with Gasteiger partial charge in [0.25, 0.3) is 0 Å². The predicted molar refractivity (Wildman–Crippen MR) is 67.7 cm³/mol. The quantitative estimate of drug-likeness (QED) is 0.776. The number of nitrogens with one attached hydrogen (secondary N) is 1. The Hall–Kier alpha value is -0.0800. The van der Waals surface area contributed by atoms with E-state index in [1.54, 1.807) is 0 Å². The summed E-state index contributed by atoms with van der Waals surface area (Å²) in [5.41, 5.74) is 0.596. The Morgan fingerprint density at radius 1 is 1.19 bits per heavy atom. The molecule has 0 amide bonds. The van der Waals surface area contributed by atoms with Crippen LogP contribution >= 0.6 is 0 Å². The van der Waals surface area contributed by atoms with Crippen LogP contribution < -0.4 is 5.32 Å². The summed E-state index contributed by atoms with van der Waals surface area (Å²) in [6, 6.07) is 0. The predicted octanol–water partition coefficient (Wildman–Crippen LogP) is 3.12. The van der Waals surface area contributed by atoms with E-state index in [4.69, 9.17) is 4.74 Å². The molecule has 2 heteroatoms. The standard InChI is InChI=1S/C14H27NO/c1-15-12-14(8-3-2-4-9-14)10-7-13-6-5-11-16-13/h13,15H,2-12H2,1H3. The van der Waals surface area contributed by atoms with Gasteiger partial charge in [0, 0.05) is 13.2 Å². The molecule has 0 spiro atoms. The molecule has 0 bridgehead atoms. The van der Waals surface area contributed by atoms with Crippen molar-refractivity contribution in [2.24, 2.45) is 5.41 Å². The molecule has 2 aliphatic rings. The zero-order chi connectivity index (χ0) is 11.3. The fourth-order valence-electron chi connectivity index (χ4n) is 3.53. The van der Waals surface area contributed by atoms with Crippen molar-refractivity contribution in [3.05, 3.63) is 0 Å². The van der Waals surface area contributed by atoms with Gasteiger partial charge in [0.2, 0.25) is 0 Å². The van der Waals surface area contributed by atoms with E-state index in [-0.39, 0.29) is 0 Å². The molecule has 2 fully saturated rings. The van der Waals surface area contributed by atoms with Gasteiger partial charge in [0.15, 0.2) is 0 Å². The first kappa shape index (κ1) is 12.4. The highest BCUT2D eigenvalue weighted by atomic mass is 16.5. The molecule has 1 saturated carbocycles. The van der Waals surface area contributed by atoms with Gasteiger partial charge in [0.1, 0.15) is 0 Å². The normalized spacial score (nSPS) is 29.4. The molecule has 94 valence electrons. The highest BCUT2D eigenvalue weighted by Gasteiger charge is 2.32. The molecule has 0 radical (unpaired) electrons. The second-order valence-corrected chi connectivity index (χ2v) is 5.76. The number of rotatable bonds is 5. The Bertz CT molecular complexity index is 187. The molecule has 1 unspecified atom stereocenters. The highest BCUT2D eigenvalue weighted by Crippen LogP contribution is 2.40. The summed E-state index contributed by atoms with van der Waals surface area (Å²) in [5.74, 6) is 0. The molecule has 1 heterocycles. The summed E-state index contributed by atoms with van der Waals surface area (Å²) in [5, 5.41) is 3.41. The minimum absolute atomic E-state index is 0.579. The minimum Gasteiger partial charge on any atom is -0.378 e. The van der Waals surface area contributed by atoms with Crippen LogP contribution in [0.3, 0.4) is 0 Å². The van der Waals surface area contributed by atoms with Gasteiger partial charge in [-0.25, -0.2) is 0 Å². The third-order valence-corrected chi connectivity index (χ3v) is 4.49. The lowest BCUT2D eigenvalue weighted by Crippen LogP contribution is -2.35. The topological polar surface area (TPSA) is 21.3 Å². The van der Waals surface area contributed by atoms with E-state index < -0.39 is 0 Å². The van der Waals surface area contributed by atoms with Gasteiger partial charge in [-0.1, -0.05) is 19.3 Å². The van der Waals surface area contributed by atoms with E-state index in [0.717, 1.165) is 6.61 Å². The molecule has 0 aromatic rings. The van der Waals surface area contributed by atoms with Crippen molar-refractivity contribution >= 4 is 0 Å². The molecule has 1 saturated heterocycles. The maximum absolute atomic E-state index is 5.75. The van der Waals surface area contributed by atoms with Gasteiger partial charge in [-0.15, -0.1) is 0 Å². The second kappa shape index (κ2) is 6.02. The molecule has 1 aliphatic carbocycles. The van der Waals surface area contributed by atoms with Crippen LogP contribution in [0.15, 0.2) is 0 Å². The molecule has 16 heavy (non-hydrogen) atoms. The summed E-state index contributed by atoms with van der Waals surface area (Å²) in [4.78, 5) is 0. The van der Waals surface area contributed by atoms with Gasteiger partial charge in [-0.3, -0.25) is 0 Å². The summed E-state index contributed by atoms with van der Waals surface area (Å²) >= 11 is 0. The first-order valence-corrected chi connectivity index (χ1v) is 7.11. The molecule has 1 N–H and O–H groups in total. The number of hydrogen-bond donors (Lipinski definition) is 1. The minimum atomic E-state index is 0.579. The van der Waals surface area contributed by atoms with E-state index in [1.807, 2.05) is 0 Å². The molecular weight excluding hydrogens is 198 g/mol. The van der Waals surface area contributed by atoms with Crippen molar-refractivity contribution < 1.29 is 4.74 Å². The van der Waals surface area contributed by atoms with Crippen LogP contribution in [0.4, 0.5) is 0 Å². The third-order valence-electron chi connectivity index (χ3n) is 4.49. The average Bonchev–Trinajstić information content (AvgIpc) is 2.81. The Morgan fingerprint density at radius 2 is 2.00 bits per heavy atom. The summed E-state index contributed by atoms with van der Waals surface area (Å²) < 4.78 is 5.75. The molecule has 2 nitrogen and oxygen atoms in total. The summed E-state index contributed by atoms with van der Waals surface area (Å²) in [6.45, 7) is 2.21. The van der Waals surface area contributed by atoms with Crippen molar-refractivity contribution in [1.82, 2.24) is 5.32 Å². The zero-order valence-corrected chi connectivity index (χ0v) is 10.8. The van der Waals surface area contributed by atoms with Crippen LogP contribution in [-0.2, 0) is 4.74 Å². The Labute approximate surface area is 100 Å². The molecule has 2 rings (SSSR count). The van der Waals surface area contributed by atoms with Crippen LogP contribution in [0.25, 0.3) is 0 Å². The third kappa shape index (κ3) is 3.21. The lowest BCUT2D eigenvalue weighted by atomic mass is 9.70. The van der Waals surface area contributed by atoms with Gasteiger partial charge in [-0.2, -0.15) is 0 Å². The zero-order valence-electron chi connectivity index (χ0n) is 10.8. The fourth-order valence-corrected chi connectivity index (χ4v) is 3.53. The van der Waals surface area contributed by atoms with Crippen LogP contribution in [0, 0.1) is 5.41 Å². The first-order valence-electron chi connectivity index (χ1n) is 7.11. The van der Waals surface area contributed by atoms with Gasteiger partial charge in [-0.05, 0) is 51.0 Å². The largest absolute Gasteiger partial charge is 0.378 e.